The number of rotatable bonds is 6. The number of benzene rings is 1. The first-order chi connectivity index (χ1) is 7.67. The largest absolute Gasteiger partial charge is 0.492 e. The molecule has 1 unspecified atom stereocenters. The van der Waals surface area contributed by atoms with Gasteiger partial charge < -0.3 is 4.74 Å². The molecule has 16 heavy (non-hydrogen) atoms. The Kier molecular flexibility index (Phi) is 6.22. The normalized spacial score (nSPS) is 12.5. The summed E-state index contributed by atoms with van der Waals surface area (Å²) in [6.07, 6.45) is 3.57. The molecule has 0 bridgehead atoms. The van der Waals surface area contributed by atoms with E-state index in [2.05, 4.69) is 29.8 Å². The summed E-state index contributed by atoms with van der Waals surface area (Å²) in [5, 5.41) is 0.676. The van der Waals surface area contributed by atoms with Crippen molar-refractivity contribution < 1.29 is 4.74 Å². The Balaban J connectivity index is 2.55. The van der Waals surface area contributed by atoms with Crippen molar-refractivity contribution in [2.24, 2.45) is 5.92 Å². The number of ether oxygens (including phenoxy) is 1. The number of halogens is 2. The first-order valence-corrected chi connectivity index (χ1v) is 6.92. The highest BCUT2D eigenvalue weighted by atomic mass is 79.9. The van der Waals surface area contributed by atoms with Crippen molar-refractivity contribution in [2.45, 2.75) is 33.1 Å². The lowest BCUT2D eigenvalue weighted by Gasteiger charge is -2.15. The maximum atomic E-state index is 6.05. The molecule has 0 aliphatic carbocycles. The van der Waals surface area contributed by atoms with Gasteiger partial charge in [-0.15, -0.1) is 0 Å². The van der Waals surface area contributed by atoms with Gasteiger partial charge >= 0.3 is 0 Å². The highest BCUT2D eigenvalue weighted by Crippen LogP contribution is 2.28. The molecular weight excluding hydrogens is 287 g/mol. The van der Waals surface area contributed by atoms with Crippen molar-refractivity contribution in [3.05, 3.63) is 27.7 Å². The van der Waals surface area contributed by atoms with Crippen LogP contribution < -0.4 is 4.74 Å². The monoisotopic (exact) mass is 304 g/mol. The molecule has 0 aliphatic rings. The second-order valence-corrected chi connectivity index (χ2v) is 5.27. The van der Waals surface area contributed by atoms with E-state index >= 15 is 0 Å². The quantitative estimate of drug-likeness (QED) is 0.692. The third-order valence-electron chi connectivity index (χ3n) is 2.64. The molecule has 1 aromatic rings. The average molecular weight is 306 g/mol. The van der Waals surface area contributed by atoms with Crippen molar-refractivity contribution in [1.29, 1.82) is 0 Å². The summed E-state index contributed by atoms with van der Waals surface area (Å²) >= 11 is 9.47. The van der Waals surface area contributed by atoms with Crippen LogP contribution in [-0.2, 0) is 0 Å². The maximum absolute atomic E-state index is 6.05. The van der Waals surface area contributed by atoms with E-state index in [9.17, 15) is 0 Å². The molecule has 1 atom stereocenters. The van der Waals surface area contributed by atoms with Crippen molar-refractivity contribution in [1.82, 2.24) is 0 Å². The Hall–Kier alpha value is -0.210. The van der Waals surface area contributed by atoms with Crippen molar-refractivity contribution >= 4 is 27.5 Å². The Morgan fingerprint density at radius 3 is 2.75 bits per heavy atom. The van der Waals surface area contributed by atoms with Crippen LogP contribution in [-0.4, -0.2) is 6.61 Å². The molecule has 3 heteroatoms. The third-order valence-corrected chi connectivity index (χ3v) is 3.45. The standard InChI is InChI=1S/C13H18BrClO/c1-3-5-10(4-2)9-16-13-8-11(14)6-7-12(13)15/h6-8,10H,3-5,9H2,1-2H3. The van der Waals surface area contributed by atoms with E-state index in [1.807, 2.05) is 18.2 Å². The van der Waals surface area contributed by atoms with E-state index in [1.54, 1.807) is 0 Å². The first kappa shape index (κ1) is 13.9. The van der Waals surface area contributed by atoms with Gasteiger partial charge in [0.1, 0.15) is 5.75 Å². The fraction of sp³-hybridized carbons (Fsp3) is 0.538. The van der Waals surface area contributed by atoms with Gasteiger partial charge in [0, 0.05) is 4.47 Å². The molecule has 0 aliphatic heterocycles. The second-order valence-electron chi connectivity index (χ2n) is 3.95. The summed E-state index contributed by atoms with van der Waals surface area (Å²) < 4.78 is 6.76. The first-order valence-electron chi connectivity index (χ1n) is 5.75. The van der Waals surface area contributed by atoms with Crippen molar-refractivity contribution in [3.8, 4) is 5.75 Å². The molecule has 1 aromatic carbocycles. The molecule has 90 valence electrons. The minimum atomic E-state index is 0.625. The predicted octanol–water partition coefficient (Wildman–Crippen LogP) is 5.31. The summed E-state index contributed by atoms with van der Waals surface area (Å²) in [7, 11) is 0. The van der Waals surface area contributed by atoms with Crippen LogP contribution in [0.5, 0.6) is 5.75 Å². The van der Waals surface area contributed by atoms with E-state index in [-0.39, 0.29) is 0 Å². The van der Waals surface area contributed by atoms with Gasteiger partial charge in [-0.05, 0) is 30.5 Å². The summed E-state index contributed by atoms with van der Waals surface area (Å²) in [5.74, 6) is 1.39. The van der Waals surface area contributed by atoms with Gasteiger partial charge in [0.05, 0.1) is 11.6 Å². The highest BCUT2D eigenvalue weighted by molar-refractivity contribution is 9.10. The summed E-state index contributed by atoms with van der Waals surface area (Å²) in [6, 6.07) is 5.68. The molecule has 1 rings (SSSR count). The Morgan fingerprint density at radius 2 is 2.12 bits per heavy atom. The van der Waals surface area contributed by atoms with Crippen LogP contribution in [0.15, 0.2) is 22.7 Å². The summed E-state index contributed by atoms with van der Waals surface area (Å²) in [5.41, 5.74) is 0. The molecule has 0 saturated carbocycles. The zero-order chi connectivity index (χ0) is 12.0. The summed E-state index contributed by atoms with van der Waals surface area (Å²) in [4.78, 5) is 0. The smallest absolute Gasteiger partial charge is 0.139 e. The van der Waals surface area contributed by atoms with Crippen LogP contribution in [0.25, 0.3) is 0 Å². The minimum absolute atomic E-state index is 0.625. The lowest BCUT2D eigenvalue weighted by Crippen LogP contribution is -2.11. The molecule has 1 nitrogen and oxygen atoms in total. The van der Waals surface area contributed by atoms with Crippen molar-refractivity contribution in [3.63, 3.8) is 0 Å². The van der Waals surface area contributed by atoms with Gasteiger partial charge in [-0.25, -0.2) is 0 Å². The Labute approximate surface area is 111 Å². The topological polar surface area (TPSA) is 9.23 Å². The Bertz CT molecular complexity index is 328. The van der Waals surface area contributed by atoms with Crippen LogP contribution in [0.4, 0.5) is 0 Å². The molecule has 0 spiro atoms. The van der Waals surface area contributed by atoms with Crippen LogP contribution in [0.1, 0.15) is 33.1 Å². The molecule has 0 N–H and O–H groups in total. The zero-order valence-corrected chi connectivity index (χ0v) is 12.1. The van der Waals surface area contributed by atoms with E-state index in [0.29, 0.717) is 10.9 Å². The minimum Gasteiger partial charge on any atom is -0.492 e. The van der Waals surface area contributed by atoms with Gasteiger partial charge in [-0.1, -0.05) is 54.2 Å². The molecule has 0 saturated heterocycles. The van der Waals surface area contributed by atoms with E-state index in [4.69, 9.17) is 16.3 Å². The molecule has 0 heterocycles. The maximum Gasteiger partial charge on any atom is 0.139 e. The van der Waals surface area contributed by atoms with Gasteiger partial charge in [-0.3, -0.25) is 0 Å². The Morgan fingerprint density at radius 1 is 1.38 bits per heavy atom. The number of hydrogen-bond acceptors (Lipinski definition) is 1. The van der Waals surface area contributed by atoms with Crippen molar-refractivity contribution in [2.75, 3.05) is 6.61 Å². The molecular formula is C13H18BrClO. The van der Waals surface area contributed by atoms with Gasteiger partial charge in [0.25, 0.3) is 0 Å². The van der Waals surface area contributed by atoms with E-state index in [0.717, 1.165) is 23.2 Å². The molecule has 0 amide bonds. The van der Waals surface area contributed by atoms with Crippen LogP contribution in [0, 0.1) is 5.92 Å². The van der Waals surface area contributed by atoms with Crippen LogP contribution in [0.2, 0.25) is 5.02 Å². The fourth-order valence-corrected chi connectivity index (χ4v) is 2.12. The average Bonchev–Trinajstić information content (AvgIpc) is 2.28. The summed E-state index contributed by atoms with van der Waals surface area (Å²) in [6.45, 7) is 5.15. The lowest BCUT2D eigenvalue weighted by atomic mass is 10.0. The molecule has 0 fully saturated rings. The van der Waals surface area contributed by atoms with Gasteiger partial charge in [-0.2, -0.15) is 0 Å². The lowest BCUT2D eigenvalue weighted by molar-refractivity contribution is 0.235. The highest BCUT2D eigenvalue weighted by Gasteiger charge is 2.08. The van der Waals surface area contributed by atoms with E-state index in [1.165, 1.54) is 12.8 Å². The predicted molar refractivity (Wildman–Crippen MR) is 73.3 cm³/mol. The van der Waals surface area contributed by atoms with Gasteiger partial charge in [0.15, 0.2) is 0 Å². The zero-order valence-electron chi connectivity index (χ0n) is 9.80. The SMILES string of the molecule is CCCC(CC)COc1cc(Br)ccc1Cl. The second kappa shape index (κ2) is 7.18. The fourth-order valence-electron chi connectivity index (χ4n) is 1.61. The molecule has 0 aromatic heterocycles. The van der Waals surface area contributed by atoms with Crippen LogP contribution >= 0.6 is 27.5 Å². The molecule has 0 radical (unpaired) electrons. The number of hydrogen-bond donors (Lipinski definition) is 0. The van der Waals surface area contributed by atoms with Crippen LogP contribution in [0.3, 0.4) is 0 Å². The third kappa shape index (κ3) is 4.34. The van der Waals surface area contributed by atoms with Gasteiger partial charge in [0.2, 0.25) is 0 Å². The van der Waals surface area contributed by atoms with E-state index < -0.39 is 0 Å².